The summed E-state index contributed by atoms with van der Waals surface area (Å²) in [6, 6.07) is 60.5. The molecule has 0 aliphatic carbocycles. The second-order valence-electron chi connectivity index (χ2n) is 13.6. The van der Waals surface area contributed by atoms with E-state index in [1.54, 1.807) is 0 Å². The van der Waals surface area contributed by atoms with Crippen LogP contribution in [0.3, 0.4) is 0 Å². The summed E-state index contributed by atoms with van der Waals surface area (Å²) in [6.07, 6.45) is 0. The summed E-state index contributed by atoms with van der Waals surface area (Å²) >= 11 is 0. The molecule has 0 amide bonds. The highest BCUT2D eigenvalue weighted by Crippen LogP contribution is 2.45. The quantitative estimate of drug-likeness (QED) is 0.188. The van der Waals surface area contributed by atoms with Gasteiger partial charge in [-0.3, -0.25) is 0 Å². The van der Waals surface area contributed by atoms with Crippen molar-refractivity contribution in [3.63, 3.8) is 0 Å². The van der Waals surface area contributed by atoms with E-state index < -0.39 is 0 Å². The summed E-state index contributed by atoms with van der Waals surface area (Å²) in [7, 11) is 0. The molecule has 4 nitrogen and oxygen atoms in total. The first-order valence-corrected chi connectivity index (χ1v) is 17.7. The van der Waals surface area contributed by atoms with E-state index in [1.165, 1.54) is 21.8 Å². The Morgan fingerprint density at radius 1 is 0.365 bits per heavy atom. The summed E-state index contributed by atoms with van der Waals surface area (Å²) in [5.74, 6) is 0. The fraction of sp³-hybridized carbons (Fsp3) is 0. The molecule has 0 N–H and O–H groups in total. The van der Waals surface area contributed by atoms with Gasteiger partial charge in [0.1, 0.15) is 22.3 Å². The van der Waals surface area contributed by atoms with Crippen molar-refractivity contribution in [2.24, 2.45) is 0 Å². The predicted molar refractivity (Wildman–Crippen MR) is 215 cm³/mol. The molecule has 52 heavy (non-hydrogen) atoms. The number of fused-ring (bicyclic) bond motifs is 13. The summed E-state index contributed by atoms with van der Waals surface area (Å²) in [6.45, 7) is 0. The fourth-order valence-corrected chi connectivity index (χ4v) is 8.72. The minimum absolute atomic E-state index is 0.876. The predicted octanol–water partition coefficient (Wildman–Crippen LogP) is 13.3. The molecule has 4 heterocycles. The third-order valence-electron chi connectivity index (χ3n) is 10.9. The van der Waals surface area contributed by atoms with Gasteiger partial charge in [-0.2, -0.15) is 0 Å². The van der Waals surface area contributed by atoms with Crippen LogP contribution in [0.2, 0.25) is 0 Å². The number of benzene rings is 8. The zero-order valence-electron chi connectivity index (χ0n) is 27.9. The Morgan fingerprint density at radius 3 is 1.85 bits per heavy atom. The lowest BCUT2D eigenvalue weighted by Crippen LogP contribution is -2.00. The van der Waals surface area contributed by atoms with Gasteiger partial charge in [-0.1, -0.05) is 115 Å². The number of hydrogen-bond acceptors (Lipinski definition) is 2. The van der Waals surface area contributed by atoms with Gasteiger partial charge >= 0.3 is 0 Å². The van der Waals surface area contributed by atoms with E-state index in [4.69, 9.17) is 8.83 Å². The van der Waals surface area contributed by atoms with Crippen LogP contribution in [0, 0.1) is 0 Å². The normalized spacial score (nSPS) is 12.2. The van der Waals surface area contributed by atoms with Crippen LogP contribution in [0.5, 0.6) is 0 Å². The Hall–Kier alpha value is -7.04. The van der Waals surface area contributed by atoms with E-state index >= 15 is 0 Å². The SMILES string of the molecule is c1ccc(-c2cccc3c2oc2c3ccc3c2c2cccc(-n4c5ccccc5c5ccccc54)c2n3-c2ccc3oc4ccccc4c3c2)cc1. The molecular formula is C48H28N2O2. The first-order valence-electron chi connectivity index (χ1n) is 17.7. The maximum atomic E-state index is 7.06. The van der Waals surface area contributed by atoms with E-state index in [9.17, 15) is 0 Å². The highest BCUT2D eigenvalue weighted by atomic mass is 16.3. The molecule has 8 aromatic carbocycles. The van der Waals surface area contributed by atoms with Gasteiger partial charge in [0.25, 0.3) is 0 Å². The fourth-order valence-electron chi connectivity index (χ4n) is 8.72. The molecule has 0 saturated carbocycles. The molecule has 4 heteroatoms. The van der Waals surface area contributed by atoms with Crippen molar-refractivity contribution in [2.45, 2.75) is 0 Å². The van der Waals surface area contributed by atoms with Crippen LogP contribution in [0.15, 0.2) is 179 Å². The second-order valence-corrected chi connectivity index (χ2v) is 13.6. The van der Waals surface area contributed by atoms with Crippen molar-refractivity contribution in [3.05, 3.63) is 170 Å². The Balaban J connectivity index is 1.26. The Labute approximate surface area is 296 Å². The zero-order valence-corrected chi connectivity index (χ0v) is 27.9. The summed E-state index contributed by atoms with van der Waals surface area (Å²) < 4.78 is 18.2. The molecule has 0 saturated heterocycles. The van der Waals surface area contributed by atoms with E-state index in [1.807, 2.05) is 12.1 Å². The number of para-hydroxylation sites is 5. The Morgan fingerprint density at radius 2 is 1.02 bits per heavy atom. The van der Waals surface area contributed by atoms with E-state index in [2.05, 4.69) is 167 Å². The van der Waals surface area contributed by atoms with Crippen molar-refractivity contribution >= 4 is 87.5 Å². The molecule has 0 fully saturated rings. The van der Waals surface area contributed by atoms with Crippen LogP contribution >= 0.6 is 0 Å². The average molecular weight is 665 g/mol. The lowest BCUT2D eigenvalue weighted by Gasteiger charge is -2.14. The molecular weight excluding hydrogens is 637 g/mol. The highest BCUT2D eigenvalue weighted by Gasteiger charge is 2.24. The van der Waals surface area contributed by atoms with Crippen LogP contribution in [-0.2, 0) is 0 Å². The molecule has 12 rings (SSSR count). The van der Waals surface area contributed by atoms with Gasteiger partial charge in [0, 0.05) is 49.0 Å². The molecule has 0 radical (unpaired) electrons. The molecule has 0 aliphatic rings. The summed E-state index contributed by atoms with van der Waals surface area (Å²) in [5.41, 5.74) is 12.5. The van der Waals surface area contributed by atoms with Gasteiger partial charge in [-0.25, -0.2) is 0 Å². The van der Waals surface area contributed by atoms with E-state index in [0.717, 1.165) is 88.2 Å². The van der Waals surface area contributed by atoms with Crippen molar-refractivity contribution in [2.75, 3.05) is 0 Å². The molecule has 0 bridgehead atoms. The molecule has 0 unspecified atom stereocenters. The number of furan rings is 2. The van der Waals surface area contributed by atoms with Gasteiger partial charge < -0.3 is 18.0 Å². The summed E-state index contributed by atoms with van der Waals surface area (Å²) in [4.78, 5) is 0. The molecule has 0 aliphatic heterocycles. The molecule has 0 atom stereocenters. The number of hydrogen-bond donors (Lipinski definition) is 0. The molecule has 242 valence electrons. The number of nitrogens with zero attached hydrogens (tertiary/aromatic N) is 2. The van der Waals surface area contributed by atoms with Crippen LogP contribution in [-0.4, -0.2) is 9.13 Å². The Bertz CT molecular complexity index is 3360. The lowest BCUT2D eigenvalue weighted by atomic mass is 10.0. The highest BCUT2D eigenvalue weighted by molar-refractivity contribution is 6.26. The van der Waals surface area contributed by atoms with Crippen molar-refractivity contribution < 1.29 is 8.83 Å². The largest absolute Gasteiger partial charge is 0.456 e. The monoisotopic (exact) mass is 664 g/mol. The van der Waals surface area contributed by atoms with Crippen LogP contribution in [0.1, 0.15) is 0 Å². The van der Waals surface area contributed by atoms with Gasteiger partial charge in [0.2, 0.25) is 0 Å². The van der Waals surface area contributed by atoms with Gasteiger partial charge in [0.15, 0.2) is 0 Å². The minimum Gasteiger partial charge on any atom is -0.456 e. The maximum Gasteiger partial charge on any atom is 0.145 e. The molecule has 12 aromatic rings. The van der Waals surface area contributed by atoms with Crippen molar-refractivity contribution in [1.82, 2.24) is 9.13 Å². The van der Waals surface area contributed by atoms with Crippen LogP contribution in [0.25, 0.3) is 110 Å². The topological polar surface area (TPSA) is 36.1 Å². The molecule has 0 spiro atoms. The minimum atomic E-state index is 0.876. The van der Waals surface area contributed by atoms with Crippen molar-refractivity contribution in [1.29, 1.82) is 0 Å². The van der Waals surface area contributed by atoms with Gasteiger partial charge in [-0.05, 0) is 60.2 Å². The third-order valence-corrected chi connectivity index (χ3v) is 10.9. The smallest absolute Gasteiger partial charge is 0.145 e. The lowest BCUT2D eigenvalue weighted by molar-refractivity contribution is 0.669. The summed E-state index contributed by atoms with van der Waals surface area (Å²) in [5, 5.41) is 9.13. The van der Waals surface area contributed by atoms with Crippen molar-refractivity contribution in [3.8, 4) is 22.5 Å². The Kier molecular flexibility index (Phi) is 5.47. The van der Waals surface area contributed by atoms with E-state index in [-0.39, 0.29) is 0 Å². The number of rotatable bonds is 3. The third kappa shape index (κ3) is 3.65. The van der Waals surface area contributed by atoms with Gasteiger partial charge in [-0.15, -0.1) is 0 Å². The second kappa shape index (κ2) is 10.3. The standard InChI is InChI=1S/C48H28N2O2/c1-2-12-29(13-3-1)31-17-10-18-35-36-25-26-41-45(48(36)52-47(31)35)37-19-11-22-42(50-39-20-7-4-14-32(39)33-15-5-8-21-40(33)50)46(37)49(41)30-24-27-44-38(28-30)34-16-6-9-23-43(34)51-44/h1-28H. The first-order chi connectivity index (χ1) is 25.8. The molecule has 4 aromatic heterocycles. The van der Waals surface area contributed by atoms with Crippen LogP contribution in [0.4, 0.5) is 0 Å². The number of aromatic nitrogens is 2. The first kappa shape index (κ1) is 27.7. The maximum absolute atomic E-state index is 7.06. The zero-order chi connectivity index (χ0) is 33.9. The average Bonchev–Trinajstić information content (AvgIpc) is 3.95. The van der Waals surface area contributed by atoms with E-state index in [0.29, 0.717) is 0 Å². The van der Waals surface area contributed by atoms with Gasteiger partial charge in [0.05, 0.1) is 33.1 Å². The van der Waals surface area contributed by atoms with Crippen LogP contribution < -0.4 is 0 Å².